The topological polar surface area (TPSA) is 41.6 Å². The molecule has 1 N–H and O–H groups in total. The van der Waals surface area contributed by atoms with Gasteiger partial charge in [0.1, 0.15) is 5.75 Å². The normalized spacial score (nSPS) is 18.9. The molecule has 1 aliphatic heterocycles. The molecule has 0 unspecified atom stereocenters. The molecule has 1 saturated heterocycles. The summed E-state index contributed by atoms with van der Waals surface area (Å²) >= 11 is 0. The van der Waals surface area contributed by atoms with Crippen LogP contribution in [-0.4, -0.2) is 43.1 Å². The minimum Gasteiger partial charge on any atom is -0.494 e. The second-order valence-electron chi connectivity index (χ2n) is 5.24. The van der Waals surface area contributed by atoms with Crippen LogP contribution in [-0.2, 0) is 11.2 Å². The van der Waals surface area contributed by atoms with Crippen molar-refractivity contribution >= 4 is 5.91 Å². The summed E-state index contributed by atoms with van der Waals surface area (Å²) < 4.78 is 5.60. The van der Waals surface area contributed by atoms with Crippen molar-refractivity contribution in [1.29, 1.82) is 0 Å². The van der Waals surface area contributed by atoms with Gasteiger partial charge in [0.25, 0.3) is 0 Å². The molecule has 1 amide bonds. The van der Waals surface area contributed by atoms with Crippen molar-refractivity contribution in [1.82, 2.24) is 10.2 Å². The third-order valence-corrected chi connectivity index (χ3v) is 3.60. The van der Waals surface area contributed by atoms with Crippen LogP contribution in [0.3, 0.4) is 0 Å². The maximum Gasteiger partial charge on any atom is 0.223 e. The van der Waals surface area contributed by atoms with Crippen LogP contribution in [0, 0.1) is 0 Å². The van der Waals surface area contributed by atoms with Gasteiger partial charge in [-0.1, -0.05) is 18.2 Å². The summed E-state index contributed by atoms with van der Waals surface area (Å²) in [6.07, 6.45) is 1.30. The van der Waals surface area contributed by atoms with Crippen LogP contribution in [0.4, 0.5) is 0 Å². The van der Waals surface area contributed by atoms with Gasteiger partial charge in [0, 0.05) is 32.1 Å². The molecule has 1 aliphatic rings. The summed E-state index contributed by atoms with van der Waals surface area (Å²) in [4.78, 5) is 14.2. The number of piperazine rings is 1. The summed E-state index contributed by atoms with van der Waals surface area (Å²) in [6.45, 7) is 7.26. The standard InChI is InChI=1S/C16H24N2O2/c1-3-20-15-7-5-4-6-14(15)8-9-16(19)18-11-10-17-13(2)12-18/h4-7,13,17H,3,8-12H2,1-2H3/t13-/m1/s1. The van der Waals surface area contributed by atoms with Gasteiger partial charge in [-0.25, -0.2) is 0 Å². The average molecular weight is 276 g/mol. The number of nitrogens with one attached hydrogen (secondary N) is 1. The Hall–Kier alpha value is -1.55. The first-order valence-corrected chi connectivity index (χ1v) is 7.42. The van der Waals surface area contributed by atoms with Gasteiger partial charge < -0.3 is 15.0 Å². The maximum atomic E-state index is 12.2. The number of benzene rings is 1. The van der Waals surface area contributed by atoms with Crippen LogP contribution < -0.4 is 10.1 Å². The number of rotatable bonds is 5. The maximum absolute atomic E-state index is 12.2. The van der Waals surface area contributed by atoms with Crippen LogP contribution in [0.15, 0.2) is 24.3 Å². The Balaban J connectivity index is 1.89. The van der Waals surface area contributed by atoms with Crippen LogP contribution in [0.25, 0.3) is 0 Å². The molecule has 0 saturated carbocycles. The predicted molar refractivity (Wildman–Crippen MR) is 80.0 cm³/mol. The van der Waals surface area contributed by atoms with Gasteiger partial charge >= 0.3 is 0 Å². The molecule has 0 aliphatic carbocycles. The molecule has 2 rings (SSSR count). The van der Waals surface area contributed by atoms with Crippen LogP contribution in [0.5, 0.6) is 5.75 Å². The van der Waals surface area contributed by atoms with Gasteiger partial charge in [0.15, 0.2) is 0 Å². The first kappa shape index (κ1) is 14.9. The number of amides is 1. The van der Waals surface area contributed by atoms with Crippen molar-refractivity contribution in [3.63, 3.8) is 0 Å². The number of hydrogen-bond donors (Lipinski definition) is 1. The van der Waals surface area contributed by atoms with Crippen molar-refractivity contribution < 1.29 is 9.53 Å². The van der Waals surface area contributed by atoms with E-state index in [-0.39, 0.29) is 5.91 Å². The zero-order chi connectivity index (χ0) is 14.4. The first-order chi connectivity index (χ1) is 9.70. The molecule has 110 valence electrons. The molecule has 0 aromatic heterocycles. The monoisotopic (exact) mass is 276 g/mol. The van der Waals surface area contributed by atoms with Gasteiger partial charge in [-0.15, -0.1) is 0 Å². The van der Waals surface area contributed by atoms with E-state index in [4.69, 9.17) is 4.74 Å². The fraction of sp³-hybridized carbons (Fsp3) is 0.562. The van der Waals surface area contributed by atoms with Crippen LogP contribution in [0.2, 0.25) is 0 Å². The molecule has 4 heteroatoms. The number of ether oxygens (including phenoxy) is 1. The number of para-hydroxylation sites is 1. The molecule has 0 radical (unpaired) electrons. The number of carbonyl (C=O) groups excluding carboxylic acids is 1. The summed E-state index contributed by atoms with van der Waals surface area (Å²) in [5, 5.41) is 3.35. The van der Waals surface area contributed by atoms with Crippen LogP contribution >= 0.6 is 0 Å². The molecule has 1 aromatic carbocycles. The summed E-state index contributed by atoms with van der Waals surface area (Å²) in [5.74, 6) is 1.14. The molecule has 1 heterocycles. The van der Waals surface area contributed by atoms with Gasteiger partial charge in [-0.3, -0.25) is 4.79 Å². The molecule has 1 aromatic rings. The SMILES string of the molecule is CCOc1ccccc1CCC(=O)N1CCN[C@H](C)C1. The Kier molecular flexibility index (Phi) is 5.41. The highest BCUT2D eigenvalue weighted by Crippen LogP contribution is 2.20. The molecule has 1 fully saturated rings. The molecule has 0 bridgehead atoms. The minimum absolute atomic E-state index is 0.240. The lowest BCUT2D eigenvalue weighted by molar-refractivity contribution is -0.132. The zero-order valence-corrected chi connectivity index (χ0v) is 12.4. The van der Waals surface area contributed by atoms with Gasteiger partial charge in [0.05, 0.1) is 6.61 Å². The van der Waals surface area contributed by atoms with Crippen molar-refractivity contribution in [3.8, 4) is 5.75 Å². The van der Waals surface area contributed by atoms with E-state index >= 15 is 0 Å². The van der Waals surface area contributed by atoms with Gasteiger partial charge in [0.2, 0.25) is 5.91 Å². The third kappa shape index (κ3) is 3.97. The largest absolute Gasteiger partial charge is 0.494 e. The fourth-order valence-corrected chi connectivity index (χ4v) is 2.57. The summed E-state index contributed by atoms with van der Waals surface area (Å²) in [5.41, 5.74) is 1.12. The molecule has 4 nitrogen and oxygen atoms in total. The number of hydrogen-bond acceptors (Lipinski definition) is 3. The van der Waals surface area contributed by atoms with Crippen molar-refractivity contribution in [3.05, 3.63) is 29.8 Å². The van der Waals surface area contributed by atoms with E-state index < -0.39 is 0 Å². The van der Waals surface area contributed by atoms with E-state index in [2.05, 4.69) is 12.2 Å². The number of carbonyl (C=O) groups is 1. The Bertz CT molecular complexity index is 448. The Morgan fingerprint density at radius 3 is 3.00 bits per heavy atom. The molecular formula is C16H24N2O2. The number of aryl methyl sites for hydroxylation is 1. The zero-order valence-electron chi connectivity index (χ0n) is 12.4. The lowest BCUT2D eigenvalue weighted by Crippen LogP contribution is -2.51. The Morgan fingerprint density at radius 2 is 2.25 bits per heavy atom. The smallest absolute Gasteiger partial charge is 0.223 e. The minimum atomic E-state index is 0.240. The van der Waals surface area contributed by atoms with Crippen molar-refractivity contribution in [2.24, 2.45) is 0 Å². The van der Waals surface area contributed by atoms with E-state index in [1.165, 1.54) is 0 Å². The molecular weight excluding hydrogens is 252 g/mol. The average Bonchev–Trinajstić information content (AvgIpc) is 2.46. The van der Waals surface area contributed by atoms with E-state index in [0.29, 0.717) is 19.1 Å². The second kappa shape index (κ2) is 7.29. The first-order valence-electron chi connectivity index (χ1n) is 7.42. The molecule has 20 heavy (non-hydrogen) atoms. The highest BCUT2D eigenvalue weighted by Gasteiger charge is 2.20. The number of nitrogens with zero attached hydrogens (tertiary/aromatic N) is 1. The van der Waals surface area contributed by atoms with Crippen molar-refractivity contribution in [2.45, 2.75) is 32.7 Å². The Morgan fingerprint density at radius 1 is 1.45 bits per heavy atom. The van der Waals surface area contributed by atoms with E-state index in [0.717, 1.165) is 37.4 Å². The highest BCUT2D eigenvalue weighted by atomic mass is 16.5. The Labute approximate surface area is 121 Å². The van der Waals surface area contributed by atoms with E-state index in [1.54, 1.807) is 0 Å². The lowest BCUT2D eigenvalue weighted by Gasteiger charge is -2.32. The van der Waals surface area contributed by atoms with E-state index in [9.17, 15) is 4.79 Å². The van der Waals surface area contributed by atoms with E-state index in [1.807, 2.05) is 36.1 Å². The van der Waals surface area contributed by atoms with Gasteiger partial charge in [-0.2, -0.15) is 0 Å². The van der Waals surface area contributed by atoms with Crippen LogP contribution in [0.1, 0.15) is 25.8 Å². The fourth-order valence-electron chi connectivity index (χ4n) is 2.57. The molecule has 0 spiro atoms. The lowest BCUT2D eigenvalue weighted by atomic mass is 10.1. The predicted octanol–water partition coefficient (Wildman–Crippen LogP) is 1.84. The molecule has 1 atom stereocenters. The third-order valence-electron chi connectivity index (χ3n) is 3.60. The van der Waals surface area contributed by atoms with Gasteiger partial charge in [-0.05, 0) is 31.9 Å². The highest BCUT2D eigenvalue weighted by molar-refractivity contribution is 5.76. The second-order valence-corrected chi connectivity index (χ2v) is 5.24. The quantitative estimate of drug-likeness (QED) is 0.892. The van der Waals surface area contributed by atoms with Crippen molar-refractivity contribution in [2.75, 3.05) is 26.2 Å². The summed E-state index contributed by atoms with van der Waals surface area (Å²) in [6, 6.07) is 8.36. The summed E-state index contributed by atoms with van der Waals surface area (Å²) in [7, 11) is 0.